The molecule has 2 N–H and O–H groups in total. The van der Waals surface area contributed by atoms with Crippen LogP contribution in [0.5, 0.6) is 0 Å². The molecule has 1 aliphatic heterocycles. The van der Waals surface area contributed by atoms with Crippen molar-refractivity contribution in [3.05, 3.63) is 17.0 Å². The average Bonchev–Trinajstić information content (AvgIpc) is 3.19. The van der Waals surface area contributed by atoms with Gasteiger partial charge in [0.2, 0.25) is 0 Å². The minimum absolute atomic E-state index is 0. The van der Waals surface area contributed by atoms with Crippen LogP contribution in [0.3, 0.4) is 0 Å². The van der Waals surface area contributed by atoms with Crippen LogP contribution in [-0.2, 0) is 24.1 Å². The molecule has 1 aromatic rings. The van der Waals surface area contributed by atoms with Gasteiger partial charge in [-0.1, -0.05) is 32.9 Å². The molecule has 142 valence electrons. The van der Waals surface area contributed by atoms with Crippen molar-refractivity contribution in [2.75, 3.05) is 13.7 Å². The summed E-state index contributed by atoms with van der Waals surface area (Å²) in [7, 11) is 1.82. The van der Waals surface area contributed by atoms with Crippen molar-refractivity contribution in [3.8, 4) is 0 Å². The Balaban J connectivity index is 0.00000225. The number of guanidine groups is 1. The van der Waals surface area contributed by atoms with E-state index in [1.165, 1.54) is 0 Å². The first kappa shape index (κ1) is 20.5. The van der Waals surface area contributed by atoms with E-state index in [0.717, 1.165) is 48.8 Å². The number of aliphatic imine (C=N–C) groups is 1. The molecule has 2 aliphatic rings. The standard InChI is InChI=1S/C18H30N4O2.HI/c1-6-13-12(14(7-2)24-22-13)10-20-17(19-5)21-15-11-8-9-23-16(11)18(15,3)4;/h11,15-16H,6-10H2,1-5H3,(H2,19,20,21);1H. The van der Waals surface area contributed by atoms with Crippen molar-refractivity contribution in [2.24, 2.45) is 16.3 Å². The van der Waals surface area contributed by atoms with Crippen molar-refractivity contribution in [1.82, 2.24) is 15.8 Å². The van der Waals surface area contributed by atoms with Gasteiger partial charge in [-0.05, 0) is 12.8 Å². The molecule has 1 saturated heterocycles. The van der Waals surface area contributed by atoms with Crippen LogP contribution in [0.4, 0.5) is 0 Å². The summed E-state index contributed by atoms with van der Waals surface area (Å²) in [5.41, 5.74) is 2.33. The second-order valence-corrected chi connectivity index (χ2v) is 7.35. The lowest BCUT2D eigenvalue weighted by Gasteiger charge is -2.54. The molecule has 0 spiro atoms. The maximum atomic E-state index is 5.87. The Labute approximate surface area is 167 Å². The van der Waals surface area contributed by atoms with Gasteiger partial charge in [0.05, 0.1) is 11.8 Å². The summed E-state index contributed by atoms with van der Waals surface area (Å²) in [5, 5.41) is 11.2. The minimum atomic E-state index is 0. The molecule has 2 heterocycles. The van der Waals surface area contributed by atoms with Crippen LogP contribution in [0.2, 0.25) is 0 Å². The molecule has 2 fully saturated rings. The number of aryl methyl sites for hydroxylation is 2. The van der Waals surface area contributed by atoms with Gasteiger partial charge in [0, 0.05) is 49.6 Å². The number of rotatable bonds is 5. The van der Waals surface area contributed by atoms with Crippen molar-refractivity contribution >= 4 is 29.9 Å². The Morgan fingerprint density at radius 3 is 2.72 bits per heavy atom. The number of hydrogen-bond donors (Lipinski definition) is 2. The van der Waals surface area contributed by atoms with Crippen LogP contribution < -0.4 is 10.6 Å². The molecular formula is C18H31IN4O2. The zero-order chi connectivity index (χ0) is 17.3. The molecule has 3 atom stereocenters. The fraction of sp³-hybridized carbons (Fsp3) is 0.778. The van der Waals surface area contributed by atoms with E-state index in [1.807, 2.05) is 7.05 Å². The molecule has 25 heavy (non-hydrogen) atoms. The lowest BCUT2D eigenvalue weighted by molar-refractivity contribution is -0.106. The molecule has 3 rings (SSSR count). The number of fused-ring (bicyclic) bond motifs is 1. The van der Waals surface area contributed by atoms with Gasteiger partial charge in [-0.15, -0.1) is 24.0 Å². The maximum Gasteiger partial charge on any atom is 0.191 e. The lowest BCUT2D eigenvalue weighted by atomic mass is 9.57. The fourth-order valence-corrected chi connectivity index (χ4v) is 4.27. The van der Waals surface area contributed by atoms with Gasteiger partial charge in [0.1, 0.15) is 5.76 Å². The summed E-state index contributed by atoms with van der Waals surface area (Å²) in [6.07, 6.45) is 3.24. The van der Waals surface area contributed by atoms with E-state index in [1.54, 1.807) is 0 Å². The zero-order valence-electron chi connectivity index (χ0n) is 15.9. The Morgan fingerprint density at radius 1 is 1.32 bits per heavy atom. The fourth-order valence-electron chi connectivity index (χ4n) is 4.27. The lowest BCUT2D eigenvalue weighted by Crippen LogP contribution is -2.67. The molecule has 6 nitrogen and oxygen atoms in total. The highest BCUT2D eigenvalue weighted by molar-refractivity contribution is 14.0. The van der Waals surface area contributed by atoms with Crippen LogP contribution in [0.1, 0.15) is 51.1 Å². The Morgan fingerprint density at radius 2 is 2.08 bits per heavy atom. The monoisotopic (exact) mass is 462 g/mol. The molecule has 0 aromatic carbocycles. The summed E-state index contributed by atoms with van der Waals surface area (Å²) >= 11 is 0. The van der Waals surface area contributed by atoms with Crippen molar-refractivity contribution < 1.29 is 9.26 Å². The zero-order valence-corrected chi connectivity index (χ0v) is 18.2. The molecule has 0 bridgehead atoms. The van der Waals surface area contributed by atoms with Gasteiger partial charge in [-0.25, -0.2) is 0 Å². The quantitative estimate of drug-likeness (QED) is 0.400. The molecule has 1 saturated carbocycles. The molecule has 7 heteroatoms. The first-order chi connectivity index (χ1) is 11.5. The number of hydrogen-bond acceptors (Lipinski definition) is 4. The van der Waals surface area contributed by atoms with Gasteiger partial charge in [0.15, 0.2) is 5.96 Å². The van der Waals surface area contributed by atoms with E-state index in [4.69, 9.17) is 9.26 Å². The summed E-state index contributed by atoms with van der Waals surface area (Å²) in [6, 6.07) is 0.398. The van der Waals surface area contributed by atoms with Crippen LogP contribution in [0.15, 0.2) is 9.52 Å². The van der Waals surface area contributed by atoms with E-state index < -0.39 is 0 Å². The highest BCUT2D eigenvalue weighted by Crippen LogP contribution is 2.52. The second-order valence-electron chi connectivity index (χ2n) is 7.35. The smallest absolute Gasteiger partial charge is 0.191 e. The Hall–Kier alpha value is -0.830. The highest BCUT2D eigenvalue weighted by atomic mass is 127. The third-order valence-electron chi connectivity index (χ3n) is 5.66. The van der Waals surface area contributed by atoms with Crippen LogP contribution in [0.25, 0.3) is 0 Å². The third kappa shape index (κ3) is 3.67. The predicted octanol–water partition coefficient (Wildman–Crippen LogP) is 2.90. The Bertz CT molecular complexity index is 593. The van der Waals surface area contributed by atoms with E-state index in [9.17, 15) is 0 Å². The summed E-state index contributed by atoms with van der Waals surface area (Å²) in [6.45, 7) is 10.3. The number of nitrogens with zero attached hydrogens (tertiary/aromatic N) is 2. The van der Waals surface area contributed by atoms with Gasteiger partial charge < -0.3 is 19.9 Å². The predicted molar refractivity (Wildman–Crippen MR) is 109 cm³/mol. The molecule has 3 unspecified atom stereocenters. The summed E-state index contributed by atoms with van der Waals surface area (Å²) < 4.78 is 11.3. The molecule has 0 radical (unpaired) electrons. The SMILES string of the molecule is CCc1noc(CC)c1CNC(=NC)NC1C2CCOC2C1(C)C.I. The van der Waals surface area contributed by atoms with E-state index in [0.29, 0.717) is 24.6 Å². The summed E-state index contributed by atoms with van der Waals surface area (Å²) in [4.78, 5) is 4.40. The van der Waals surface area contributed by atoms with Crippen LogP contribution in [0, 0.1) is 11.3 Å². The Kier molecular flexibility index (Phi) is 6.75. The van der Waals surface area contributed by atoms with Gasteiger partial charge in [-0.3, -0.25) is 4.99 Å². The van der Waals surface area contributed by atoms with Gasteiger partial charge in [-0.2, -0.15) is 0 Å². The molecular weight excluding hydrogens is 431 g/mol. The van der Waals surface area contributed by atoms with E-state index >= 15 is 0 Å². The number of ether oxygens (including phenoxy) is 1. The van der Waals surface area contributed by atoms with Gasteiger partial charge >= 0.3 is 0 Å². The second kappa shape index (κ2) is 8.24. The number of halogens is 1. The van der Waals surface area contributed by atoms with Crippen LogP contribution >= 0.6 is 24.0 Å². The van der Waals surface area contributed by atoms with Gasteiger partial charge in [0.25, 0.3) is 0 Å². The number of nitrogens with one attached hydrogen (secondary N) is 2. The molecule has 1 aliphatic carbocycles. The maximum absolute atomic E-state index is 5.87. The first-order valence-electron chi connectivity index (χ1n) is 9.07. The van der Waals surface area contributed by atoms with E-state index in [2.05, 4.69) is 48.5 Å². The topological polar surface area (TPSA) is 71.7 Å². The number of aromatic nitrogens is 1. The van der Waals surface area contributed by atoms with Crippen molar-refractivity contribution in [1.29, 1.82) is 0 Å². The molecule has 1 aromatic heterocycles. The van der Waals surface area contributed by atoms with Crippen molar-refractivity contribution in [2.45, 2.75) is 65.6 Å². The normalized spacial score (nSPS) is 27.2. The average molecular weight is 462 g/mol. The summed E-state index contributed by atoms with van der Waals surface area (Å²) in [5.74, 6) is 2.39. The third-order valence-corrected chi connectivity index (χ3v) is 5.66. The first-order valence-corrected chi connectivity index (χ1v) is 9.07. The minimum Gasteiger partial charge on any atom is -0.377 e. The van der Waals surface area contributed by atoms with Crippen molar-refractivity contribution in [3.63, 3.8) is 0 Å². The molecule has 0 amide bonds. The largest absolute Gasteiger partial charge is 0.377 e. The highest BCUT2D eigenvalue weighted by Gasteiger charge is 2.59. The van der Waals surface area contributed by atoms with E-state index in [-0.39, 0.29) is 29.4 Å². The van der Waals surface area contributed by atoms with Crippen LogP contribution in [-0.4, -0.2) is 36.9 Å².